The first kappa shape index (κ1) is 15.4. The average molecular weight is 314 g/mol. The molecule has 0 N–H and O–H groups in total. The molecule has 2 aromatic rings. The SMILES string of the molecule is C=CC1=C2/C(=C\C)C(C)(C)c3cc(C)c4cccc(c4c32)C1(C)C. The Morgan fingerprint density at radius 2 is 1.71 bits per heavy atom. The van der Waals surface area contributed by atoms with Crippen LogP contribution in [0.5, 0.6) is 0 Å². The van der Waals surface area contributed by atoms with Crippen molar-refractivity contribution in [3.05, 3.63) is 76.4 Å². The van der Waals surface area contributed by atoms with Gasteiger partial charge >= 0.3 is 0 Å². The van der Waals surface area contributed by atoms with Gasteiger partial charge in [0.1, 0.15) is 0 Å². The molecular formula is C24H26. The van der Waals surface area contributed by atoms with E-state index in [1.807, 2.05) is 0 Å². The summed E-state index contributed by atoms with van der Waals surface area (Å²) in [5.41, 5.74) is 10.0. The lowest BCUT2D eigenvalue weighted by atomic mass is 9.68. The van der Waals surface area contributed by atoms with Gasteiger partial charge in [0, 0.05) is 10.8 Å². The standard InChI is InChI=1S/C24H26/c1-8-16-21-17(9-2)24(6,7)19-13-14(3)15-11-10-12-18(23(16,4)5)20(15)22(19)21/h8-13H,1H2,2-7H3/b17-9+. The van der Waals surface area contributed by atoms with Crippen molar-refractivity contribution in [2.45, 2.75) is 52.4 Å². The summed E-state index contributed by atoms with van der Waals surface area (Å²) in [7, 11) is 0. The lowest BCUT2D eigenvalue weighted by Gasteiger charge is -2.35. The van der Waals surface area contributed by atoms with Crippen LogP contribution in [-0.2, 0) is 10.8 Å². The number of hydrogen-bond donors (Lipinski definition) is 0. The Hall–Kier alpha value is -2.08. The van der Waals surface area contributed by atoms with Gasteiger partial charge in [-0.1, -0.05) is 70.7 Å². The minimum Gasteiger partial charge on any atom is -0.0987 e. The van der Waals surface area contributed by atoms with Crippen molar-refractivity contribution in [1.82, 2.24) is 0 Å². The van der Waals surface area contributed by atoms with Gasteiger partial charge in [0.05, 0.1) is 0 Å². The summed E-state index contributed by atoms with van der Waals surface area (Å²) in [6.45, 7) is 18.0. The molecule has 0 atom stereocenters. The van der Waals surface area contributed by atoms with E-state index in [-0.39, 0.29) is 10.8 Å². The van der Waals surface area contributed by atoms with Crippen molar-refractivity contribution in [2.24, 2.45) is 0 Å². The maximum Gasteiger partial charge on any atom is 0.0158 e. The summed E-state index contributed by atoms with van der Waals surface area (Å²) in [6, 6.07) is 9.21. The third kappa shape index (κ3) is 1.55. The van der Waals surface area contributed by atoms with Crippen molar-refractivity contribution in [3.8, 4) is 0 Å². The molecule has 0 fully saturated rings. The quantitative estimate of drug-likeness (QED) is 0.555. The fourth-order valence-corrected chi connectivity index (χ4v) is 5.12. The summed E-state index contributed by atoms with van der Waals surface area (Å²) in [5, 5.41) is 2.86. The molecule has 0 spiro atoms. The zero-order valence-corrected chi connectivity index (χ0v) is 15.7. The summed E-state index contributed by atoms with van der Waals surface area (Å²) >= 11 is 0. The summed E-state index contributed by atoms with van der Waals surface area (Å²) in [5.74, 6) is 0. The van der Waals surface area contributed by atoms with Crippen LogP contribution in [0.25, 0.3) is 16.3 Å². The third-order valence-electron chi connectivity index (χ3n) is 6.34. The van der Waals surface area contributed by atoms with Crippen LogP contribution in [0.3, 0.4) is 0 Å². The van der Waals surface area contributed by atoms with Gasteiger partial charge in [-0.3, -0.25) is 0 Å². The van der Waals surface area contributed by atoms with E-state index < -0.39 is 0 Å². The zero-order chi connectivity index (χ0) is 17.4. The van der Waals surface area contributed by atoms with Gasteiger partial charge in [0.15, 0.2) is 0 Å². The van der Waals surface area contributed by atoms with Crippen molar-refractivity contribution in [1.29, 1.82) is 0 Å². The maximum absolute atomic E-state index is 4.19. The molecule has 0 saturated heterocycles. The zero-order valence-electron chi connectivity index (χ0n) is 15.7. The van der Waals surface area contributed by atoms with E-state index in [1.54, 1.807) is 0 Å². The molecule has 0 aliphatic heterocycles. The highest BCUT2D eigenvalue weighted by atomic mass is 14.5. The van der Waals surface area contributed by atoms with Crippen molar-refractivity contribution in [3.63, 3.8) is 0 Å². The molecule has 122 valence electrons. The fraction of sp³-hybridized carbons (Fsp3) is 0.333. The maximum atomic E-state index is 4.19. The molecule has 0 amide bonds. The first-order chi connectivity index (χ1) is 11.3. The van der Waals surface area contributed by atoms with Gasteiger partial charge in [-0.25, -0.2) is 0 Å². The fourth-order valence-electron chi connectivity index (χ4n) is 5.12. The molecule has 0 heteroatoms. The number of benzene rings is 2. The lowest BCUT2D eigenvalue weighted by Crippen LogP contribution is -2.24. The van der Waals surface area contributed by atoms with E-state index >= 15 is 0 Å². The van der Waals surface area contributed by atoms with Crippen LogP contribution in [0.15, 0.2) is 54.1 Å². The molecule has 0 saturated carbocycles. The van der Waals surface area contributed by atoms with Gasteiger partial charge in [-0.2, -0.15) is 0 Å². The van der Waals surface area contributed by atoms with E-state index in [0.29, 0.717) is 0 Å². The van der Waals surface area contributed by atoms with E-state index in [0.717, 1.165) is 0 Å². The number of rotatable bonds is 1. The second-order valence-electron chi connectivity index (χ2n) is 8.29. The molecule has 2 aromatic carbocycles. The minimum atomic E-state index is -0.0245. The Morgan fingerprint density at radius 3 is 2.33 bits per heavy atom. The van der Waals surface area contributed by atoms with Crippen molar-refractivity contribution in [2.75, 3.05) is 0 Å². The van der Waals surface area contributed by atoms with Crippen LogP contribution in [-0.4, -0.2) is 0 Å². The molecule has 2 aliphatic carbocycles. The molecule has 0 nitrogen and oxygen atoms in total. The Morgan fingerprint density at radius 1 is 1.00 bits per heavy atom. The average Bonchev–Trinajstić information content (AvgIpc) is 2.74. The first-order valence-corrected chi connectivity index (χ1v) is 8.88. The normalized spacial score (nSPS) is 21.7. The largest absolute Gasteiger partial charge is 0.0987 e. The van der Waals surface area contributed by atoms with Crippen molar-refractivity contribution < 1.29 is 0 Å². The Labute approximate surface area is 145 Å². The second kappa shape index (κ2) is 4.51. The molecule has 0 unspecified atom stereocenters. The predicted molar refractivity (Wildman–Crippen MR) is 106 cm³/mol. The van der Waals surface area contributed by atoms with Gasteiger partial charge in [0.2, 0.25) is 0 Å². The molecule has 0 aromatic heterocycles. The van der Waals surface area contributed by atoms with E-state index in [4.69, 9.17) is 0 Å². The van der Waals surface area contributed by atoms with E-state index in [2.05, 4.69) is 84.5 Å². The van der Waals surface area contributed by atoms with Gasteiger partial charge < -0.3 is 0 Å². The Kier molecular flexibility index (Phi) is 2.90. The molecule has 4 rings (SSSR count). The highest BCUT2D eigenvalue weighted by Gasteiger charge is 2.45. The van der Waals surface area contributed by atoms with E-state index in [1.165, 1.54) is 49.7 Å². The molecule has 24 heavy (non-hydrogen) atoms. The molecule has 0 heterocycles. The van der Waals surface area contributed by atoms with Crippen LogP contribution >= 0.6 is 0 Å². The summed E-state index contributed by atoms with van der Waals surface area (Å²) in [4.78, 5) is 0. The molecule has 2 aliphatic rings. The lowest BCUT2D eigenvalue weighted by molar-refractivity contribution is 0.641. The number of allylic oxidation sites excluding steroid dienone is 5. The summed E-state index contributed by atoms with van der Waals surface area (Å²) in [6.07, 6.45) is 4.40. The molecule has 0 radical (unpaired) electrons. The van der Waals surface area contributed by atoms with Crippen LogP contribution in [0, 0.1) is 6.92 Å². The number of aryl methyl sites for hydroxylation is 1. The highest BCUT2D eigenvalue weighted by molar-refractivity contribution is 6.10. The minimum absolute atomic E-state index is 0.0245. The van der Waals surface area contributed by atoms with Crippen LogP contribution < -0.4 is 0 Å². The van der Waals surface area contributed by atoms with Crippen LogP contribution in [0.2, 0.25) is 0 Å². The molecular weight excluding hydrogens is 288 g/mol. The van der Waals surface area contributed by atoms with Gasteiger partial charge in [0.25, 0.3) is 0 Å². The third-order valence-corrected chi connectivity index (χ3v) is 6.34. The van der Waals surface area contributed by atoms with E-state index in [9.17, 15) is 0 Å². The van der Waals surface area contributed by atoms with Crippen LogP contribution in [0.4, 0.5) is 0 Å². The predicted octanol–water partition coefficient (Wildman–Crippen LogP) is 6.62. The topological polar surface area (TPSA) is 0 Å². The number of hydrogen-bond acceptors (Lipinski definition) is 0. The Bertz CT molecular complexity index is 975. The highest BCUT2D eigenvalue weighted by Crippen LogP contribution is 2.59. The van der Waals surface area contributed by atoms with Gasteiger partial charge in [-0.15, -0.1) is 0 Å². The molecule has 0 bridgehead atoms. The smallest absolute Gasteiger partial charge is 0.0158 e. The monoisotopic (exact) mass is 314 g/mol. The van der Waals surface area contributed by atoms with Gasteiger partial charge in [-0.05, 0) is 63.6 Å². The van der Waals surface area contributed by atoms with Crippen molar-refractivity contribution >= 4 is 16.3 Å². The first-order valence-electron chi connectivity index (χ1n) is 8.88. The Balaban J connectivity index is 2.36. The summed E-state index contributed by atoms with van der Waals surface area (Å²) < 4.78 is 0. The second-order valence-corrected chi connectivity index (χ2v) is 8.29. The van der Waals surface area contributed by atoms with Crippen LogP contribution in [0.1, 0.15) is 56.9 Å².